The van der Waals surface area contributed by atoms with Crippen molar-refractivity contribution in [2.75, 3.05) is 13.2 Å². The summed E-state index contributed by atoms with van der Waals surface area (Å²) in [4.78, 5) is 3.33. The molecule has 2 heterocycles. The van der Waals surface area contributed by atoms with Crippen LogP contribution in [0.5, 0.6) is 0 Å². The molecule has 3 nitrogen and oxygen atoms in total. The predicted molar refractivity (Wildman–Crippen MR) is 64.3 cm³/mol. The highest BCUT2D eigenvalue weighted by atomic mass is 19.1. The van der Waals surface area contributed by atoms with Crippen molar-refractivity contribution in [1.29, 1.82) is 0 Å². The molecule has 0 saturated heterocycles. The molecule has 0 bridgehead atoms. The molecule has 1 aromatic heterocycles. The first-order valence-electron chi connectivity index (χ1n) is 5.91. The van der Waals surface area contributed by atoms with Crippen molar-refractivity contribution in [3.8, 4) is 0 Å². The number of H-pyrrole nitrogens is 1. The Morgan fingerprint density at radius 2 is 2.35 bits per heavy atom. The Hall–Kier alpha value is -1.39. The lowest BCUT2D eigenvalue weighted by atomic mass is 10.0. The molecule has 1 unspecified atom stereocenters. The second-order valence-corrected chi connectivity index (χ2v) is 4.39. The molecule has 1 atom stereocenters. The van der Waals surface area contributed by atoms with Gasteiger partial charge in [0.15, 0.2) is 0 Å². The maximum absolute atomic E-state index is 13.3. The largest absolute Gasteiger partial charge is 0.372 e. The van der Waals surface area contributed by atoms with Gasteiger partial charge < -0.3 is 15.5 Å². The number of halogens is 1. The SMILES string of the molecule is NCCC1OCCc2c1[nH]c1ccc(F)cc21. The molecule has 1 aliphatic heterocycles. The zero-order chi connectivity index (χ0) is 11.8. The number of benzene rings is 1. The Kier molecular flexibility index (Phi) is 2.61. The van der Waals surface area contributed by atoms with Gasteiger partial charge in [-0.15, -0.1) is 0 Å². The summed E-state index contributed by atoms with van der Waals surface area (Å²) in [5, 5.41) is 0.977. The van der Waals surface area contributed by atoms with E-state index in [0.717, 1.165) is 29.4 Å². The number of fused-ring (bicyclic) bond motifs is 3. The third-order valence-corrected chi connectivity index (χ3v) is 3.32. The Bertz CT molecular complexity index is 550. The fraction of sp³-hybridized carbons (Fsp3) is 0.385. The molecule has 0 amide bonds. The number of hydrogen-bond acceptors (Lipinski definition) is 2. The number of aromatic amines is 1. The molecule has 17 heavy (non-hydrogen) atoms. The van der Waals surface area contributed by atoms with Crippen LogP contribution >= 0.6 is 0 Å². The number of hydrogen-bond donors (Lipinski definition) is 2. The van der Waals surface area contributed by atoms with Crippen molar-refractivity contribution < 1.29 is 9.13 Å². The van der Waals surface area contributed by atoms with Gasteiger partial charge in [0.1, 0.15) is 5.82 Å². The van der Waals surface area contributed by atoms with Gasteiger partial charge in [-0.2, -0.15) is 0 Å². The minimum Gasteiger partial charge on any atom is -0.372 e. The van der Waals surface area contributed by atoms with Crippen LogP contribution < -0.4 is 5.73 Å². The molecule has 4 heteroatoms. The molecule has 1 aromatic carbocycles. The van der Waals surface area contributed by atoms with Crippen LogP contribution in [-0.2, 0) is 11.2 Å². The van der Waals surface area contributed by atoms with E-state index in [4.69, 9.17) is 10.5 Å². The van der Waals surface area contributed by atoms with E-state index in [0.29, 0.717) is 13.2 Å². The number of ether oxygens (including phenoxy) is 1. The van der Waals surface area contributed by atoms with Gasteiger partial charge in [-0.25, -0.2) is 4.39 Å². The molecule has 0 radical (unpaired) electrons. The fourth-order valence-electron chi connectivity index (χ4n) is 2.55. The summed E-state index contributed by atoms with van der Waals surface area (Å²) in [7, 11) is 0. The van der Waals surface area contributed by atoms with Crippen LogP contribution in [0.15, 0.2) is 18.2 Å². The molecule has 1 aliphatic rings. The molecule has 3 N–H and O–H groups in total. The van der Waals surface area contributed by atoms with E-state index >= 15 is 0 Å². The number of rotatable bonds is 2. The Morgan fingerprint density at radius 1 is 1.47 bits per heavy atom. The van der Waals surface area contributed by atoms with Crippen molar-refractivity contribution in [1.82, 2.24) is 4.98 Å². The van der Waals surface area contributed by atoms with Crippen LogP contribution in [0.3, 0.4) is 0 Å². The smallest absolute Gasteiger partial charge is 0.123 e. The first-order valence-corrected chi connectivity index (χ1v) is 5.91. The lowest BCUT2D eigenvalue weighted by molar-refractivity contribution is 0.0360. The first-order chi connectivity index (χ1) is 8.29. The van der Waals surface area contributed by atoms with E-state index in [9.17, 15) is 4.39 Å². The zero-order valence-electron chi connectivity index (χ0n) is 9.50. The number of nitrogens with one attached hydrogen (secondary N) is 1. The van der Waals surface area contributed by atoms with Crippen LogP contribution in [-0.4, -0.2) is 18.1 Å². The minimum atomic E-state index is -0.193. The maximum Gasteiger partial charge on any atom is 0.123 e. The van der Waals surface area contributed by atoms with E-state index in [1.165, 1.54) is 11.6 Å². The minimum absolute atomic E-state index is 0.0270. The monoisotopic (exact) mass is 234 g/mol. The standard InChI is InChI=1S/C13H15FN2O/c14-8-1-2-11-10(7-8)9-4-6-17-12(3-5-15)13(9)16-11/h1-2,7,12,16H,3-6,15H2. The van der Waals surface area contributed by atoms with E-state index < -0.39 is 0 Å². The summed E-state index contributed by atoms with van der Waals surface area (Å²) in [5.74, 6) is -0.193. The van der Waals surface area contributed by atoms with Gasteiger partial charge in [-0.3, -0.25) is 0 Å². The van der Waals surface area contributed by atoms with Gasteiger partial charge >= 0.3 is 0 Å². The number of aromatic nitrogens is 1. The quantitative estimate of drug-likeness (QED) is 0.837. The second kappa shape index (κ2) is 4.13. The highest BCUT2D eigenvalue weighted by Gasteiger charge is 2.24. The van der Waals surface area contributed by atoms with Crippen LogP contribution in [0.2, 0.25) is 0 Å². The van der Waals surface area contributed by atoms with E-state index in [1.807, 2.05) is 0 Å². The van der Waals surface area contributed by atoms with Crippen molar-refractivity contribution in [3.05, 3.63) is 35.3 Å². The molecular weight excluding hydrogens is 219 g/mol. The normalized spacial score (nSPS) is 19.5. The van der Waals surface area contributed by atoms with Gasteiger partial charge in [-0.1, -0.05) is 0 Å². The lowest BCUT2D eigenvalue weighted by Gasteiger charge is -2.22. The fourth-order valence-corrected chi connectivity index (χ4v) is 2.55. The molecule has 0 spiro atoms. The predicted octanol–water partition coefficient (Wildman–Crippen LogP) is 2.27. The topological polar surface area (TPSA) is 51.0 Å². The van der Waals surface area contributed by atoms with Crippen LogP contribution in [0, 0.1) is 5.82 Å². The van der Waals surface area contributed by atoms with E-state index in [2.05, 4.69) is 4.98 Å². The van der Waals surface area contributed by atoms with Crippen LogP contribution in [0.1, 0.15) is 23.8 Å². The van der Waals surface area contributed by atoms with Crippen molar-refractivity contribution in [2.45, 2.75) is 18.9 Å². The highest BCUT2D eigenvalue weighted by molar-refractivity contribution is 5.85. The zero-order valence-corrected chi connectivity index (χ0v) is 9.50. The summed E-state index contributed by atoms with van der Waals surface area (Å²) in [5.41, 5.74) is 8.81. The number of nitrogens with two attached hydrogens (primary N) is 1. The summed E-state index contributed by atoms with van der Waals surface area (Å²) >= 11 is 0. The first kappa shape index (κ1) is 10.7. The second-order valence-electron chi connectivity index (χ2n) is 4.39. The van der Waals surface area contributed by atoms with E-state index in [-0.39, 0.29) is 11.9 Å². The van der Waals surface area contributed by atoms with Gasteiger partial charge in [0.05, 0.1) is 12.7 Å². The van der Waals surface area contributed by atoms with Crippen molar-refractivity contribution in [3.63, 3.8) is 0 Å². The molecule has 0 saturated carbocycles. The average molecular weight is 234 g/mol. The Balaban J connectivity index is 2.15. The lowest BCUT2D eigenvalue weighted by Crippen LogP contribution is -2.18. The summed E-state index contributed by atoms with van der Waals surface area (Å²) < 4.78 is 19.0. The van der Waals surface area contributed by atoms with Crippen molar-refractivity contribution in [2.24, 2.45) is 5.73 Å². The third-order valence-electron chi connectivity index (χ3n) is 3.32. The highest BCUT2D eigenvalue weighted by Crippen LogP contribution is 2.34. The third kappa shape index (κ3) is 1.73. The summed E-state index contributed by atoms with van der Waals surface area (Å²) in [6.07, 6.45) is 1.65. The Morgan fingerprint density at radius 3 is 3.18 bits per heavy atom. The summed E-state index contributed by atoms with van der Waals surface area (Å²) in [6, 6.07) is 4.85. The van der Waals surface area contributed by atoms with Crippen LogP contribution in [0.25, 0.3) is 10.9 Å². The van der Waals surface area contributed by atoms with E-state index in [1.54, 1.807) is 12.1 Å². The Labute approximate surface area is 98.8 Å². The van der Waals surface area contributed by atoms with Gasteiger partial charge in [0.2, 0.25) is 0 Å². The molecular formula is C13H15FN2O. The van der Waals surface area contributed by atoms with Gasteiger partial charge in [0.25, 0.3) is 0 Å². The van der Waals surface area contributed by atoms with Crippen molar-refractivity contribution >= 4 is 10.9 Å². The van der Waals surface area contributed by atoms with Gasteiger partial charge in [0, 0.05) is 16.6 Å². The average Bonchev–Trinajstić information content (AvgIpc) is 2.69. The molecule has 90 valence electrons. The molecule has 0 fully saturated rings. The summed E-state index contributed by atoms with van der Waals surface area (Å²) in [6.45, 7) is 1.27. The van der Waals surface area contributed by atoms with Crippen LogP contribution in [0.4, 0.5) is 4.39 Å². The van der Waals surface area contributed by atoms with Gasteiger partial charge in [-0.05, 0) is 43.1 Å². The molecule has 0 aliphatic carbocycles. The maximum atomic E-state index is 13.3. The molecule has 3 rings (SSSR count). The molecule has 2 aromatic rings.